The van der Waals surface area contributed by atoms with Crippen LogP contribution < -0.4 is 0 Å². The number of hydrogen-bond acceptors (Lipinski definition) is 3. The average molecular weight is 176 g/mol. The Balaban J connectivity index is 3.24. The third-order valence-corrected chi connectivity index (χ3v) is 1.98. The van der Waals surface area contributed by atoms with Crippen LogP contribution in [0.4, 0.5) is 0 Å². The zero-order chi connectivity index (χ0) is 9.40. The van der Waals surface area contributed by atoms with E-state index >= 15 is 0 Å². The molecular formula is C9H20O3. The van der Waals surface area contributed by atoms with E-state index < -0.39 is 12.2 Å². The monoisotopic (exact) mass is 176 g/mol. The number of unbranched alkanes of at least 4 members (excludes halogenated alkanes) is 3. The van der Waals surface area contributed by atoms with Gasteiger partial charge in [0.1, 0.15) is 6.10 Å². The van der Waals surface area contributed by atoms with Gasteiger partial charge in [0, 0.05) is 0 Å². The fourth-order valence-electron chi connectivity index (χ4n) is 1.09. The molecule has 0 amide bonds. The normalized spacial score (nSPS) is 16.0. The van der Waals surface area contributed by atoms with Gasteiger partial charge < -0.3 is 15.3 Å². The summed E-state index contributed by atoms with van der Waals surface area (Å²) in [5.41, 5.74) is 0. The molecule has 0 saturated carbocycles. The van der Waals surface area contributed by atoms with Gasteiger partial charge in [0.2, 0.25) is 0 Å². The van der Waals surface area contributed by atoms with Crippen molar-refractivity contribution in [1.82, 2.24) is 0 Å². The topological polar surface area (TPSA) is 60.7 Å². The highest BCUT2D eigenvalue weighted by Gasteiger charge is 2.13. The third-order valence-electron chi connectivity index (χ3n) is 1.98. The van der Waals surface area contributed by atoms with Crippen molar-refractivity contribution in [2.24, 2.45) is 0 Å². The smallest absolute Gasteiger partial charge is 0.103 e. The van der Waals surface area contributed by atoms with Crippen molar-refractivity contribution >= 4 is 0 Å². The number of aliphatic hydroxyl groups excluding tert-OH is 3. The standard InChI is InChI=1S/C9H20O3/c1-2-3-4-5-6-8(11)9(12)7-10/h8-12H,2-7H2,1H3/t8?,9-/m0/s1. The predicted molar refractivity (Wildman–Crippen MR) is 47.9 cm³/mol. The molecule has 0 aliphatic carbocycles. The Bertz CT molecular complexity index is 95.8. The summed E-state index contributed by atoms with van der Waals surface area (Å²) in [5, 5.41) is 26.7. The number of rotatable bonds is 7. The van der Waals surface area contributed by atoms with E-state index in [0.717, 1.165) is 12.8 Å². The van der Waals surface area contributed by atoms with E-state index in [2.05, 4.69) is 6.92 Å². The zero-order valence-corrected chi connectivity index (χ0v) is 7.74. The molecule has 1 unspecified atom stereocenters. The highest BCUT2D eigenvalue weighted by Crippen LogP contribution is 2.07. The summed E-state index contributed by atoms with van der Waals surface area (Å²) in [5.74, 6) is 0. The van der Waals surface area contributed by atoms with Crippen LogP contribution in [-0.2, 0) is 0 Å². The second-order valence-electron chi connectivity index (χ2n) is 3.17. The summed E-state index contributed by atoms with van der Waals surface area (Å²) in [7, 11) is 0. The van der Waals surface area contributed by atoms with Gasteiger partial charge in [-0.05, 0) is 6.42 Å². The third kappa shape index (κ3) is 5.52. The lowest BCUT2D eigenvalue weighted by molar-refractivity contribution is -0.0185. The van der Waals surface area contributed by atoms with Crippen molar-refractivity contribution in [3.63, 3.8) is 0 Å². The highest BCUT2D eigenvalue weighted by molar-refractivity contribution is 4.65. The van der Waals surface area contributed by atoms with Crippen molar-refractivity contribution in [2.45, 2.75) is 51.2 Å². The maximum Gasteiger partial charge on any atom is 0.103 e. The van der Waals surface area contributed by atoms with Crippen molar-refractivity contribution in [3.05, 3.63) is 0 Å². The first-order chi connectivity index (χ1) is 5.72. The van der Waals surface area contributed by atoms with Gasteiger partial charge in [0.15, 0.2) is 0 Å². The lowest BCUT2D eigenvalue weighted by Gasteiger charge is -2.14. The molecule has 0 heterocycles. The molecule has 0 fully saturated rings. The van der Waals surface area contributed by atoms with Crippen LogP contribution in [0.3, 0.4) is 0 Å². The molecule has 12 heavy (non-hydrogen) atoms. The van der Waals surface area contributed by atoms with E-state index in [1.807, 2.05) is 0 Å². The quantitative estimate of drug-likeness (QED) is 0.500. The Hall–Kier alpha value is -0.120. The van der Waals surface area contributed by atoms with Crippen LogP contribution in [0.25, 0.3) is 0 Å². The van der Waals surface area contributed by atoms with Gasteiger partial charge in [-0.1, -0.05) is 32.6 Å². The van der Waals surface area contributed by atoms with Crippen LogP contribution in [-0.4, -0.2) is 34.1 Å². The maximum absolute atomic E-state index is 9.21. The lowest BCUT2D eigenvalue weighted by atomic mass is 10.1. The summed E-state index contributed by atoms with van der Waals surface area (Å²) in [6.07, 6.45) is 3.21. The molecule has 74 valence electrons. The minimum atomic E-state index is -0.966. The van der Waals surface area contributed by atoms with E-state index in [9.17, 15) is 5.11 Å². The minimum Gasteiger partial charge on any atom is -0.394 e. The van der Waals surface area contributed by atoms with E-state index in [-0.39, 0.29) is 6.61 Å². The van der Waals surface area contributed by atoms with Crippen molar-refractivity contribution in [1.29, 1.82) is 0 Å². The van der Waals surface area contributed by atoms with E-state index in [1.54, 1.807) is 0 Å². The fraction of sp³-hybridized carbons (Fsp3) is 1.00. The summed E-state index contributed by atoms with van der Waals surface area (Å²) in [6, 6.07) is 0. The molecule has 0 saturated heterocycles. The van der Waals surface area contributed by atoms with E-state index in [4.69, 9.17) is 10.2 Å². The molecule has 0 aromatic heterocycles. The van der Waals surface area contributed by atoms with Crippen LogP contribution in [0.15, 0.2) is 0 Å². The first kappa shape index (κ1) is 11.9. The van der Waals surface area contributed by atoms with Gasteiger partial charge in [-0.15, -0.1) is 0 Å². The molecule has 0 radical (unpaired) electrons. The highest BCUT2D eigenvalue weighted by atomic mass is 16.4. The van der Waals surface area contributed by atoms with Gasteiger partial charge in [0.05, 0.1) is 12.7 Å². The van der Waals surface area contributed by atoms with E-state index in [1.165, 1.54) is 12.8 Å². The Morgan fingerprint density at radius 1 is 1.00 bits per heavy atom. The molecule has 0 bridgehead atoms. The summed E-state index contributed by atoms with van der Waals surface area (Å²) < 4.78 is 0. The van der Waals surface area contributed by atoms with Crippen molar-refractivity contribution in [3.8, 4) is 0 Å². The second-order valence-corrected chi connectivity index (χ2v) is 3.17. The average Bonchev–Trinajstić information content (AvgIpc) is 2.10. The Kier molecular flexibility index (Phi) is 7.45. The molecule has 0 rings (SSSR count). The van der Waals surface area contributed by atoms with Crippen LogP contribution in [0.1, 0.15) is 39.0 Å². The molecule has 0 aliphatic rings. The fourth-order valence-corrected chi connectivity index (χ4v) is 1.09. The Morgan fingerprint density at radius 3 is 2.17 bits per heavy atom. The molecule has 0 aliphatic heterocycles. The van der Waals surface area contributed by atoms with Crippen LogP contribution in [0, 0.1) is 0 Å². The van der Waals surface area contributed by atoms with Gasteiger partial charge in [-0.2, -0.15) is 0 Å². The molecule has 0 aromatic carbocycles. The van der Waals surface area contributed by atoms with Crippen LogP contribution in [0.2, 0.25) is 0 Å². The molecule has 3 N–H and O–H groups in total. The van der Waals surface area contributed by atoms with Gasteiger partial charge >= 0.3 is 0 Å². The van der Waals surface area contributed by atoms with Gasteiger partial charge in [0.25, 0.3) is 0 Å². The lowest BCUT2D eigenvalue weighted by Crippen LogP contribution is -2.28. The first-order valence-electron chi connectivity index (χ1n) is 4.69. The molecule has 0 aromatic rings. The largest absolute Gasteiger partial charge is 0.394 e. The van der Waals surface area contributed by atoms with Crippen molar-refractivity contribution in [2.75, 3.05) is 6.61 Å². The molecule has 0 spiro atoms. The summed E-state index contributed by atoms with van der Waals surface area (Å²) in [6.45, 7) is 1.77. The maximum atomic E-state index is 9.21. The zero-order valence-electron chi connectivity index (χ0n) is 7.74. The molecule has 2 atom stereocenters. The van der Waals surface area contributed by atoms with Crippen LogP contribution >= 0.6 is 0 Å². The van der Waals surface area contributed by atoms with Gasteiger partial charge in [-0.25, -0.2) is 0 Å². The van der Waals surface area contributed by atoms with E-state index in [0.29, 0.717) is 6.42 Å². The Labute approximate surface area is 74.0 Å². The molecular weight excluding hydrogens is 156 g/mol. The SMILES string of the molecule is CCCCCCC(O)[C@@H](O)CO. The Morgan fingerprint density at radius 2 is 1.67 bits per heavy atom. The van der Waals surface area contributed by atoms with Crippen molar-refractivity contribution < 1.29 is 15.3 Å². The minimum absolute atomic E-state index is 0.352. The summed E-state index contributed by atoms with van der Waals surface area (Å²) in [4.78, 5) is 0. The molecule has 3 nitrogen and oxygen atoms in total. The number of aliphatic hydroxyl groups is 3. The second kappa shape index (κ2) is 7.53. The van der Waals surface area contributed by atoms with Gasteiger partial charge in [-0.3, -0.25) is 0 Å². The summed E-state index contributed by atoms with van der Waals surface area (Å²) >= 11 is 0. The predicted octanol–water partition coefficient (Wildman–Crippen LogP) is 0.671. The number of hydrogen-bond donors (Lipinski definition) is 3. The first-order valence-corrected chi connectivity index (χ1v) is 4.69. The molecule has 3 heteroatoms. The van der Waals surface area contributed by atoms with Crippen LogP contribution in [0.5, 0.6) is 0 Å².